The molecule has 4 rings (SSSR count). The first kappa shape index (κ1) is 13.9. The van der Waals surface area contributed by atoms with Crippen LogP contribution in [-0.2, 0) is 10.4 Å². The zero-order valence-electron chi connectivity index (χ0n) is 12.6. The molecule has 1 aliphatic carbocycles. The van der Waals surface area contributed by atoms with Gasteiger partial charge in [0.1, 0.15) is 11.5 Å². The van der Waals surface area contributed by atoms with Crippen molar-refractivity contribution in [3.05, 3.63) is 29.1 Å². The van der Waals surface area contributed by atoms with Crippen molar-refractivity contribution in [3.63, 3.8) is 0 Å². The van der Waals surface area contributed by atoms with Crippen molar-refractivity contribution < 1.29 is 14.2 Å². The summed E-state index contributed by atoms with van der Waals surface area (Å²) in [5, 5.41) is 10.6. The number of nitrogens with zero attached hydrogens (tertiary/aromatic N) is 2. The highest BCUT2D eigenvalue weighted by atomic mass is 19.1. The number of hydrogen-bond acceptors (Lipinski definition) is 4. The van der Waals surface area contributed by atoms with Gasteiger partial charge in [-0.15, -0.1) is 0 Å². The zero-order chi connectivity index (χ0) is 15.3. The molecule has 1 saturated carbocycles. The molecule has 4 nitrogen and oxygen atoms in total. The van der Waals surface area contributed by atoms with Crippen LogP contribution >= 0.6 is 0 Å². The molecule has 0 atom stereocenters. The standard InChI is InChI=1S/C17H19FN2O2/c1-10-19-15-9-12(11-2-3-11)14(8-13(15)16(21)20-10)17(18)4-6-22-7-5-17/h8-9,11H,2-7H2,1H3,(H,19,20,21). The topological polar surface area (TPSA) is 55.2 Å². The Bertz CT molecular complexity index is 737. The summed E-state index contributed by atoms with van der Waals surface area (Å²) in [6.07, 6.45) is 2.93. The number of aromatic hydroxyl groups is 1. The highest BCUT2D eigenvalue weighted by Crippen LogP contribution is 2.49. The van der Waals surface area contributed by atoms with E-state index >= 15 is 4.39 Å². The Morgan fingerprint density at radius 2 is 1.95 bits per heavy atom. The quantitative estimate of drug-likeness (QED) is 0.922. The molecule has 2 fully saturated rings. The van der Waals surface area contributed by atoms with E-state index < -0.39 is 5.67 Å². The summed E-state index contributed by atoms with van der Waals surface area (Å²) in [4.78, 5) is 8.40. The van der Waals surface area contributed by atoms with Crippen LogP contribution in [-0.4, -0.2) is 28.3 Å². The molecule has 0 spiro atoms. The molecule has 0 amide bonds. The summed E-state index contributed by atoms with van der Waals surface area (Å²) in [5.41, 5.74) is 1.08. The molecule has 2 heterocycles. The lowest BCUT2D eigenvalue weighted by Crippen LogP contribution is -2.30. The zero-order valence-corrected chi connectivity index (χ0v) is 12.6. The van der Waals surface area contributed by atoms with Crippen LogP contribution < -0.4 is 0 Å². The Hall–Kier alpha value is -1.75. The van der Waals surface area contributed by atoms with Gasteiger partial charge in [0.05, 0.1) is 10.9 Å². The van der Waals surface area contributed by atoms with E-state index in [0.717, 1.165) is 18.4 Å². The number of ether oxygens (including phenoxy) is 1. The Morgan fingerprint density at radius 3 is 2.64 bits per heavy atom. The van der Waals surface area contributed by atoms with Crippen LogP contribution in [0.25, 0.3) is 10.9 Å². The van der Waals surface area contributed by atoms with Gasteiger partial charge >= 0.3 is 0 Å². The lowest BCUT2D eigenvalue weighted by Gasteiger charge is -2.32. The van der Waals surface area contributed by atoms with Gasteiger partial charge in [0.15, 0.2) is 0 Å². The smallest absolute Gasteiger partial charge is 0.222 e. The van der Waals surface area contributed by atoms with Crippen LogP contribution in [0.2, 0.25) is 0 Å². The Labute approximate surface area is 128 Å². The molecule has 0 radical (unpaired) electrons. The number of halogens is 1. The Morgan fingerprint density at radius 1 is 1.23 bits per heavy atom. The van der Waals surface area contributed by atoms with Gasteiger partial charge in [-0.05, 0) is 48.9 Å². The molecule has 1 N–H and O–H groups in total. The van der Waals surface area contributed by atoms with E-state index in [-0.39, 0.29) is 5.88 Å². The van der Waals surface area contributed by atoms with Crippen LogP contribution in [0, 0.1) is 6.92 Å². The first-order valence-electron chi connectivity index (χ1n) is 7.85. The van der Waals surface area contributed by atoms with Gasteiger partial charge in [-0.1, -0.05) is 0 Å². The lowest BCUT2D eigenvalue weighted by molar-refractivity contribution is -0.0118. The summed E-state index contributed by atoms with van der Waals surface area (Å²) in [5.74, 6) is 0.884. The van der Waals surface area contributed by atoms with Gasteiger partial charge in [0.25, 0.3) is 0 Å². The predicted molar refractivity (Wildman–Crippen MR) is 80.8 cm³/mol. The van der Waals surface area contributed by atoms with Crippen LogP contribution in [0.1, 0.15) is 48.6 Å². The molecule has 1 aliphatic heterocycles. The maximum atomic E-state index is 15.5. The van der Waals surface area contributed by atoms with Crippen LogP contribution in [0.5, 0.6) is 5.88 Å². The molecule has 1 saturated heterocycles. The van der Waals surface area contributed by atoms with Crippen LogP contribution in [0.4, 0.5) is 4.39 Å². The van der Waals surface area contributed by atoms with Gasteiger partial charge in [-0.2, -0.15) is 4.98 Å². The number of aryl methyl sites for hydroxylation is 1. The first-order chi connectivity index (χ1) is 10.6. The average Bonchev–Trinajstić information content (AvgIpc) is 3.31. The van der Waals surface area contributed by atoms with Crippen LogP contribution in [0.15, 0.2) is 12.1 Å². The number of aromatic nitrogens is 2. The third-order valence-corrected chi connectivity index (χ3v) is 4.74. The predicted octanol–water partition coefficient (Wildman–Crippen LogP) is 3.50. The molecule has 1 aromatic heterocycles. The van der Waals surface area contributed by atoms with Crippen molar-refractivity contribution in [2.45, 2.75) is 44.2 Å². The van der Waals surface area contributed by atoms with E-state index in [2.05, 4.69) is 9.97 Å². The molecular formula is C17H19FN2O2. The molecule has 0 bridgehead atoms. The maximum absolute atomic E-state index is 15.5. The van der Waals surface area contributed by atoms with E-state index in [0.29, 0.717) is 54.3 Å². The van der Waals surface area contributed by atoms with E-state index in [9.17, 15) is 5.11 Å². The van der Waals surface area contributed by atoms with Crippen molar-refractivity contribution in [1.82, 2.24) is 9.97 Å². The minimum absolute atomic E-state index is 0.0678. The summed E-state index contributed by atoms with van der Waals surface area (Å²) in [6, 6.07) is 3.72. The average molecular weight is 302 g/mol. The number of fused-ring (bicyclic) bond motifs is 1. The fraction of sp³-hybridized carbons (Fsp3) is 0.529. The van der Waals surface area contributed by atoms with Crippen molar-refractivity contribution in [2.24, 2.45) is 0 Å². The molecule has 5 heteroatoms. The third-order valence-electron chi connectivity index (χ3n) is 4.74. The van der Waals surface area contributed by atoms with Crippen molar-refractivity contribution >= 4 is 10.9 Å². The fourth-order valence-electron chi connectivity index (χ4n) is 3.37. The number of hydrogen-bond donors (Lipinski definition) is 1. The van der Waals surface area contributed by atoms with E-state index in [4.69, 9.17) is 4.74 Å². The molecule has 22 heavy (non-hydrogen) atoms. The number of benzene rings is 1. The highest BCUT2D eigenvalue weighted by Gasteiger charge is 2.39. The normalized spacial score (nSPS) is 21.2. The monoisotopic (exact) mass is 302 g/mol. The maximum Gasteiger partial charge on any atom is 0.222 e. The van der Waals surface area contributed by atoms with Crippen molar-refractivity contribution in [2.75, 3.05) is 13.2 Å². The second-order valence-electron chi connectivity index (χ2n) is 6.40. The van der Waals surface area contributed by atoms with Crippen molar-refractivity contribution in [3.8, 4) is 5.88 Å². The van der Waals surface area contributed by atoms with Gasteiger partial charge in [-0.25, -0.2) is 9.37 Å². The van der Waals surface area contributed by atoms with Gasteiger partial charge in [0.2, 0.25) is 5.88 Å². The molecule has 2 aromatic rings. The number of alkyl halides is 1. The van der Waals surface area contributed by atoms with Gasteiger partial charge in [0, 0.05) is 26.1 Å². The Balaban J connectivity index is 1.93. The molecule has 1 aromatic carbocycles. The van der Waals surface area contributed by atoms with E-state index in [1.54, 1.807) is 13.0 Å². The second kappa shape index (κ2) is 4.88. The Kier molecular flexibility index (Phi) is 3.08. The molecule has 2 aliphatic rings. The number of rotatable bonds is 2. The molecule has 0 unspecified atom stereocenters. The van der Waals surface area contributed by atoms with Gasteiger partial charge < -0.3 is 9.84 Å². The summed E-state index contributed by atoms with van der Waals surface area (Å²) in [7, 11) is 0. The van der Waals surface area contributed by atoms with Crippen LogP contribution in [0.3, 0.4) is 0 Å². The van der Waals surface area contributed by atoms with Gasteiger partial charge in [-0.3, -0.25) is 0 Å². The summed E-state index contributed by atoms with van der Waals surface area (Å²) < 4.78 is 20.8. The minimum atomic E-state index is -1.37. The fourth-order valence-corrected chi connectivity index (χ4v) is 3.37. The third kappa shape index (κ3) is 2.24. The second-order valence-corrected chi connectivity index (χ2v) is 6.40. The van der Waals surface area contributed by atoms with E-state index in [1.807, 2.05) is 6.07 Å². The SMILES string of the molecule is Cc1nc(O)c2cc(C3(F)CCOCC3)c(C3CC3)cc2n1. The van der Waals surface area contributed by atoms with Crippen molar-refractivity contribution in [1.29, 1.82) is 0 Å². The first-order valence-corrected chi connectivity index (χ1v) is 7.85. The molecule has 116 valence electrons. The van der Waals surface area contributed by atoms with E-state index in [1.165, 1.54) is 0 Å². The minimum Gasteiger partial charge on any atom is -0.493 e. The largest absolute Gasteiger partial charge is 0.493 e. The summed E-state index contributed by atoms with van der Waals surface area (Å²) >= 11 is 0. The molecular weight excluding hydrogens is 283 g/mol. The highest BCUT2D eigenvalue weighted by molar-refractivity contribution is 5.85. The lowest BCUT2D eigenvalue weighted by atomic mass is 9.83. The summed E-state index contributed by atoms with van der Waals surface area (Å²) in [6.45, 7) is 2.63.